The first-order valence-corrected chi connectivity index (χ1v) is 10.2. The molecule has 0 unspecified atom stereocenters. The average molecular weight is 413 g/mol. The summed E-state index contributed by atoms with van der Waals surface area (Å²) in [6, 6.07) is 0. The van der Waals surface area contributed by atoms with Gasteiger partial charge in [0.05, 0.1) is 26.1 Å². The molecular weight excluding hydrogens is 392 g/mol. The zero-order valence-electron chi connectivity index (χ0n) is 15.4. The van der Waals surface area contributed by atoms with Gasteiger partial charge >= 0.3 is 8.60 Å². The second-order valence-corrected chi connectivity index (χ2v) is 8.42. The number of fused-ring (bicyclic) bond motifs is 2. The Balaban J connectivity index is 1.44. The van der Waals surface area contributed by atoms with E-state index < -0.39 is 32.7 Å². The van der Waals surface area contributed by atoms with E-state index in [1.807, 2.05) is 0 Å². The van der Waals surface area contributed by atoms with E-state index in [-0.39, 0.29) is 24.5 Å². The van der Waals surface area contributed by atoms with Gasteiger partial charge in [-0.25, -0.2) is 9.37 Å². The molecule has 1 saturated carbocycles. The molecule has 0 bridgehead atoms. The maximum Gasteiger partial charge on any atom is 0.333 e. The molecule has 1 aliphatic carbocycles. The van der Waals surface area contributed by atoms with Crippen LogP contribution in [0.2, 0.25) is 0 Å². The normalized spacial score (nSPS) is 35.7. The number of aromatic nitrogens is 4. The fourth-order valence-corrected chi connectivity index (χ4v) is 5.06. The number of nitrogen functional groups attached to an aromatic ring is 1. The van der Waals surface area contributed by atoms with Gasteiger partial charge in [-0.3, -0.25) is 4.57 Å². The lowest BCUT2D eigenvalue weighted by atomic mass is 9.97. The molecule has 2 aromatic heterocycles. The number of halogens is 1. The molecule has 0 aromatic carbocycles. The standard InChI is InChI=1S/C16H21FN5O5P/c1-16(17)11-9(6-24-28(27-11)26-8-4-3-5-8)25-14(16)22-7-19-10-12(22)20-15(18)21-13(10)23-2/h7-9,11,14H,3-6H2,1-2H3,(H2,18,20,21)/t9-,11-,14-,16-,28-/m1/s1. The van der Waals surface area contributed by atoms with E-state index >= 15 is 4.39 Å². The first-order valence-electron chi connectivity index (χ1n) is 9.12. The monoisotopic (exact) mass is 413 g/mol. The predicted molar refractivity (Wildman–Crippen MR) is 96.2 cm³/mol. The van der Waals surface area contributed by atoms with Crippen LogP contribution in [0.4, 0.5) is 10.3 Å². The zero-order chi connectivity index (χ0) is 19.5. The van der Waals surface area contributed by atoms with Crippen LogP contribution in [0, 0.1) is 0 Å². The second-order valence-electron chi connectivity index (χ2n) is 7.30. The maximum atomic E-state index is 15.9. The Bertz CT molecular complexity index is 894. The van der Waals surface area contributed by atoms with Gasteiger partial charge in [0.2, 0.25) is 11.8 Å². The maximum absolute atomic E-state index is 15.9. The number of imidazole rings is 1. The van der Waals surface area contributed by atoms with Crippen LogP contribution < -0.4 is 10.5 Å². The lowest BCUT2D eigenvalue weighted by molar-refractivity contribution is -0.0668. The largest absolute Gasteiger partial charge is 0.479 e. The molecule has 4 heterocycles. The molecule has 152 valence electrons. The van der Waals surface area contributed by atoms with Crippen LogP contribution in [0.25, 0.3) is 11.2 Å². The van der Waals surface area contributed by atoms with Crippen LogP contribution in [-0.2, 0) is 18.3 Å². The van der Waals surface area contributed by atoms with Crippen molar-refractivity contribution >= 4 is 25.7 Å². The summed E-state index contributed by atoms with van der Waals surface area (Å²) in [5.41, 5.74) is 4.59. The number of anilines is 1. The summed E-state index contributed by atoms with van der Waals surface area (Å²) in [7, 11) is -0.136. The Morgan fingerprint density at radius 2 is 2.21 bits per heavy atom. The fourth-order valence-electron chi connectivity index (χ4n) is 3.64. The van der Waals surface area contributed by atoms with Crippen molar-refractivity contribution in [2.45, 2.75) is 56.4 Å². The lowest BCUT2D eigenvalue weighted by Gasteiger charge is -2.36. The molecule has 10 nitrogen and oxygen atoms in total. The quantitative estimate of drug-likeness (QED) is 0.754. The van der Waals surface area contributed by atoms with E-state index in [0.717, 1.165) is 19.3 Å². The van der Waals surface area contributed by atoms with E-state index in [2.05, 4.69) is 15.0 Å². The van der Waals surface area contributed by atoms with Crippen molar-refractivity contribution in [1.29, 1.82) is 0 Å². The minimum atomic E-state index is -1.86. The van der Waals surface area contributed by atoms with E-state index in [1.165, 1.54) is 24.9 Å². The summed E-state index contributed by atoms with van der Waals surface area (Å²) in [6.07, 6.45) is 2.26. The molecule has 3 aliphatic rings. The van der Waals surface area contributed by atoms with Gasteiger partial charge in [0.1, 0.15) is 12.2 Å². The minimum absolute atomic E-state index is 0.000854. The number of nitrogens with zero attached hydrogens (tertiary/aromatic N) is 4. The first-order chi connectivity index (χ1) is 13.5. The molecule has 2 saturated heterocycles. The molecule has 0 radical (unpaired) electrons. The molecule has 5 rings (SSSR count). The van der Waals surface area contributed by atoms with Gasteiger partial charge in [-0.15, -0.1) is 0 Å². The summed E-state index contributed by atoms with van der Waals surface area (Å²) in [6.45, 7) is 1.64. The summed E-state index contributed by atoms with van der Waals surface area (Å²) in [5, 5.41) is 0. The molecule has 28 heavy (non-hydrogen) atoms. The van der Waals surface area contributed by atoms with E-state index in [9.17, 15) is 0 Å². The van der Waals surface area contributed by atoms with Crippen LogP contribution >= 0.6 is 8.60 Å². The molecule has 2 aromatic rings. The molecule has 2 aliphatic heterocycles. The lowest BCUT2D eigenvalue weighted by Crippen LogP contribution is -2.44. The molecule has 0 amide bonds. The molecule has 3 fully saturated rings. The van der Waals surface area contributed by atoms with Gasteiger partial charge in [-0.2, -0.15) is 9.97 Å². The number of alkyl halides is 1. The van der Waals surface area contributed by atoms with Crippen LogP contribution in [0.5, 0.6) is 5.88 Å². The molecular formula is C16H21FN5O5P. The molecule has 12 heteroatoms. The smallest absolute Gasteiger partial charge is 0.333 e. The molecule has 0 spiro atoms. The van der Waals surface area contributed by atoms with Crippen LogP contribution in [0.3, 0.4) is 0 Å². The van der Waals surface area contributed by atoms with Gasteiger partial charge in [0.25, 0.3) is 0 Å². The number of hydrogen-bond donors (Lipinski definition) is 1. The van der Waals surface area contributed by atoms with Crippen molar-refractivity contribution in [3.63, 3.8) is 0 Å². The minimum Gasteiger partial charge on any atom is -0.479 e. The van der Waals surface area contributed by atoms with Crippen molar-refractivity contribution < 1.29 is 27.4 Å². The summed E-state index contributed by atoms with van der Waals surface area (Å²) < 4.78 is 45.8. The zero-order valence-corrected chi connectivity index (χ0v) is 16.3. The van der Waals surface area contributed by atoms with Crippen molar-refractivity contribution in [3.8, 4) is 5.88 Å². The third-order valence-corrected chi connectivity index (χ3v) is 6.59. The van der Waals surface area contributed by atoms with Crippen LogP contribution in [0.1, 0.15) is 32.4 Å². The molecule has 2 N–H and O–H groups in total. The number of ether oxygens (including phenoxy) is 2. The summed E-state index contributed by atoms with van der Waals surface area (Å²) >= 11 is 0. The predicted octanol–water partition coefficient (Wildman–Crippen LogP) is 2.25. The highest BCUT2D eigenvalue weighted by atomic mass is 31.2. The van der Waals surface area contributed by atoms with Crippen molar-refractivity contribution in [3.05, 3.63) is 6.33 Å². The average Bonchev–Trinajstić information content (AvgIpc) is 3.16. The third-order valence-electron chi connectivity index (χ3n) is 5.36. The van der Waals surface area contributed by atoms with Gasteiger partial charge in [-0.05, 0) is 26.2 Å². The topological polar surface area (TPSA) is 116 Å². The Morgan fingerprint density at radius 1 is 1.39 bits per heavy atom. The number of hydrogen-bond acceptors (Lipinski definition) is 9. The second kappa shape index (κ2) is 6.70. The number of methoxy groups -OCH3 is 1. The highest BCUT2D eigenvalue weighted by Gasteiger charge is 2.60. The van der Waals surface area contributed by atoms with E-state index in [0.29, 0.717) is 11.2 Å². The van der Waals surface area contributed by atoms with Gasteiger partial charge in [-0.1, -0.05) is 0 Å². The number of nitrogens with two attached hydrogens (primary N) is 1. The highest BCUT2D eigenvalue weighted by Crippen LogP contribution is 2.56. The van der Waals surface area contributed by atoms with E-state index in [1.54, 1.807) is 0 Å². The van der Waals surface area contributed by atoms with Gasteiger partial charge in [0, 0.05) is 0 Å². The van der Waals surface area contributed by atoms with Crippen molar-refractivity contribution in [2.75, 3.05) is 19.5 Å². The summed E-state index contributed by atoms with van der Waals surface area (Å²) in [4.78, 5) is 12.4. The SMILES string of the molecule is COc1nc(N)nc2c1ncn2[C@@H]1O[C@@H]2CO[P@](OC3CCC3)O[C@H]2[C@@]1(C)F. The van der Waals surface area contributed by atoms with Crippen LogP contribution in [-0.4, -0.2) is 57.2 Å². The third kappa shape index (κ3) is 2.84. The Morgan fingerprint density at radius 3 is 2.93 bits per heavy atom. The van der Waals surface area contributed by atoms with Crippen molar-refractivity contribution in [1.82, 2.24) is 19.5 Å². The van der Waals surface area contributed by atoms with Crippen LogP contribution in [0.15, 0.2) is 6.33 Å². The highest BCUT2D eigenvalue weighted by molar-refractivity contribution is 7.41. The van der Waals surface area contributed by atoms with Crippen molar-refractivity contribution in [2.24, 2.45) is 0 Å². The summed E-state index contributed by atoms with van der Waals surface area (Å²) in [5.74, 6) is 0.216. The van der Waals surface area contributed by atoms with Gasteiger partial charge in [0.15, 0.2) is 23.1 Å². The fraction of sp³-hybridized carbons (Fsp3) is 0.688. The Hall–Kier alpha value is -1.65. The number of rotatable bonds is 4. The Labute approximate surface area is 161 Å². The van der Waals surface area contributed by atoms with E-state index in [4.69, 9.17) is 28.8 Å². The molecule has 5 atom stereocenters. The first kappa shape index (κ1) is 18.4. The van der Waals surface area contributed by atoms with Gasteiger partial charge < -0.3 is 28.8 Å². The Kier molecular flexibility index (Phi) is 4.40.